The number of hydrogen-bond acceptors (Lipinski definition) is 3. The lowest BCUT2D eigenvalue weighted by molar-refractivity contribution is 0.448. The molecule has 0 bridgehead atoms. The van der Waals surface area contributed by atoms with Gasteiger partial charge < -0.3 is 10.1 Å². The van der Waals surface area contributed by atoms with Crippen LogP contribution in [-0.2, 0) is 0 Å². The summed E-state index contributed by atoms with van der Waals surface area (Å²) in [6.45, 7) is 0. The van der Waals surface area contributed by atoms with Crippen molar-refractivity contribution in [2.45, 2.75) is 18.8 Å². The number of hydrogen-bond donors (Lipinski definition) is 2. The third-order valence-electron chi connectivity index (χ3n) is 3.05. The fraction of sp³-hybridized carbons (Fsp3) is 0.231. The van der Waals surface area contributed by atoms with E-state index >= 15 is 0 Å². The number of H-pyrrole nitrogens is 1. The number of halogens is 1. The molecule has 0 radical (unpaired) electrons. The topological polar surface area (TPSA) is 66.0 Å². The summed E-state index contributed by atoms with van der Waals surface area (Å²) in [4.78, 5) is 18.2. The molecule has 1 aromatic carbocycles. The van der Waals surface area contributed by atoms with Crippen molar-refractivity contribution in [3.63, 3.8) is 0 Å². The maximum atomic E-state index is 11.6. The molecule has 0 aliphatic heterocycles. The largest absolute Gasteiger partial charge is 0.492 e. The highest BCUT2D eigenvalue weighted by Crippen LogP contribution is 2.40. The second kappa shape index (κ2) is 4.24. The first-order chi connectivity index (χ1) is 8.65. The van der Waals surface area contributed by atoms with Gasteiger partial charge in [0.1, 0.15) is 10.3 Å². The van der Waals surface area contributed by atoms with Gasteiger partial charge in [0, 0.05) is 5.56 Å². The van der Waals surface area contributed by atoms with E-state index in [1.807, 2.05) is 18.2 Å². The molecule has 0 atom stereocenters. The lowest BCUT2D eigenvalue weighted by atomic mass is 10.1. The summed E-state index contributed by atoms with van der Waals surface area (Å²) < 4.78 is 0.0598. The summed E-state index contributed by atoms with van der Waals surface area (Å²) in [5, 5.41) is 9.56. The Morgan fingerprint density at radius 2 is 2.17 bits per heavy atom. The predicted molar refractivity (Wildman–Crippen MR) is 71.6 cm³/mol. The predicted octanol–water partition coefficient (Wildman–Crippen LogP) is 2.78. The van der Waals surface area contributed by atoms with Crippen LogP contribution in [0.1, 0.15) is 24.3 Å². The summed E-state index contributed by atoms with van der Waals surface area (Å²) in [5.41, 5.74) is 1.70. The lowest BCUT2D eigenvalue weighted by Gasteiger charge is -2.05. The van der Waals surface area contributed by atoms with Crippen molar-refractivity contribution in [2.24, 2.45) is 0 Å². The van der Waals surface area contributed by atoms with Crippen LogP contribution in [-0.4, -0.2) is 15.1 Å². The van der Waals surface area contributed by atoms with Gasteiger partial charge in [-0.15, -0.1) is 0 Å². The van der Waals surface area contributed by atoms with Crippen LogP contribution in [0.4, 0.5) is 0 Å². The Hall–Kier alpha value is -1.62. The van der Waals surface area contributed by atoms with Crippen molar-refractivity contribution in [1.82, 2.24) is 9.97 Å². The van der Waals surface area contributed by atoms with E-state index in [1.165, 1.54) is 18.4 Å². The van der Waals surface area contributed by atoms with Gasteiger partial charge in [0.2, 0.25) is 5.88 Å². The van der Waals surface area contributed by atoms with E-state index in [4.69, 9.17) is 0 Å². The van der Waals surface area contributed by atoms with Crippen molar-refractivity contribution in [2.75, 3.05) is 0 Å². The minimum atomic E-state index is -0.380. The zero-order valence-electron chi connectivity index (χ0n) is 9.48. The van der Waals surface area contributed by atoms with Gasteiger partial charge >= 0.3 is 0 Å². The van der Waals surface area contributed by atoms with Gasteiger partial charge in [0.15, 0.2) is 0 Å². The normalized spacial score (nSPS) is 14.7. The second-order valence-corrected chi connectivity index (χ2v) is 5.24. The fourth-order valence-electron chi connectivity index (χ4n) is 1.94. The Morgan fingerprint density at radius 1 is 1.39 bits per heavy atom. The van der Waals surface area contributed by atoms with Crippen molar-refractivity contribution >= 4 is 15.9 Å². The molecule has 0 unspecified atom stereocenters. The van der Waals surface area contributed by atoms with E-state index in [1.54, 1.807) is 0 Å². The first kappa shape index (κ1) is 11.5. The highest BCUT2D eigenvalue weighted by molar-refractivity contribution is 9.10. The number of aromatic amines is 1. The smallest absolute Gasteiger partial charge is 0.269 e. The van der Waals surface area contributed by atoms with Gasteiger partial charge in [-0.05, 0) is 46.3 Å². The average molecular weight is 307 g/mol. The average Bonchev–Trinajstić information content (AvgIpc) is 3.20. The van der Waals surface area contributed by atoms with Gasteiger partial charge in [-0.2, -0.15) is 4.98 Å². The summed E-state index contributed by atoms with van der Waals surface area (Å²) >= 11 is 2.98. The molecule has 0 saturated heterocycles. The number of aromatic hydroxyl groups is 1. The van der Waals surface area contributed by atoms with Crippen LogP contribution in [0.25, 0.3) is 11.4 Å². The molecule has 1 fully saturated rings. The Bertz CT molecular complexity index is 662. The molecule has 1 aliphatic carbocycles. The van der Waals surface area contributed by atoms with E-state index in [-0.39, 0.29) is 15.9 Å². The molecule has 2 aromatic rings. The Balaban J connectivity index is 2.09. The van der Waals surface area contributed by atoms with E-state index in [0.717, 1.165) is 5.56 Å². The molecule has 1 heterocycles. The van der Waals surface area contributed by atoms with Crippen LogP contribution in [0, 0.1) is 0 Å². The number of aromatic nitrogens is 2. The molecule has 0 amide bonds. The zero-order valence-corrected chi connectivity index (χ0v) is 11.1. The van der Waals surface area contributed by atoms with Crippen LogP contribution < -0.4 is 5.56 Å². The Morgan fingerprint density at radius 3 is 2.83 bits per heavy atom. The summed E-state index contributed by atoms with van der Waals surface area (Å²) in [6.07, 6.45) is 2.44. The minimum Gasteiger partial charge on any atom is -0.492 e. The lowest BCUT2D eigenvalue weighted by Crippen LogP contribution is -2.09. The van der Waals surface area contributed by atoms with Crippen LogP contribution in [0.2, 0.25) is 0 Å². The van der Waals surface area contributed by atoms with Gasteiger partial charge in [-0.25, -0.2) is 0 Å². The van der Waals surface area contributed by atoms with Crippen LogP contribution >= 0.6 is 15.9 Å². The van der Waals surface area contributed by atoms with E-state index < -0.39 is 0 Å². The number of rotatable bonds is 2. The van der Waals surface area contributed by atoms with Crippen LogP contribution in [0.5, 0.6) is 5.88 Å². The Kier molecular flexibility index (Phi) is 2.70. The number of benzene rings is 1. The molecule has 3 rings (SSSR count). The maximum Gasteiger partial charge on any atom is 0.269 e. The van der Waals surface area contributed by atoms with Crippen LogP contribution in [0.15, 0.2) is 33.5 Å². The molecule has 2 N–H and O–H groups in total. The van der Waals surface area contributed by atoms with Gasteiger partial charge in [0.05, 0.1) is 0 Å². The molecule has 1 saturated carbocycles. The Labute approximate surface area is 112 Å². The monoisotopic (exact) mass is 306 g/mol. The molecule has 18 heavy (non-hydrogen) atoms. The van der Waals surface area contributed by atoms with Gasteiger partial charge in [-0.1, -0.05) is 18.2 Å². The van der Waals surface area contributed by atoms with E-state index in [2.05, 4.69) is 32.0 Å². The summed E-state index contributed by atoms with van der Waals surface area (Å²) in [6, 6.07) is 7.92. The third-order valence-corrected chi connectivity index (χ3v) is 3.77. The fourth-order valence-corrected chi connectivity index (χ4v) is 2.13. The molecule has 1 aliphatic rings. The quantitative estimate of drug-likeness (QED) is 0.896. The van der Waals surface area contributed by atoms with Crippen molar-refractivity contribution in [1.29, 1.82) is 0 Å². The highest BCUT2D eigenvalue weighted by Gasteiger charge is 2.23. The minimum absolute atomic E-state index is 0.0598. The summed E-state index contributed by atoms with van der Waals surface area (Å²) in [7, 11) is 0. The molecule has 0 spiro atoms. The zero-order chi connectivity index (χ0) is 12.7. The highest BCUT2D eigenvalue weighted by atomic mass is 79.9. The van der Waals surface area contributed by atoms with E-state index in [0.29, 0.717) is 11.7 Å². The van der Waals surface area contributed by atoms with Crippen molar-refractivity contribution < 1.29 is 5.11 Å². The van der Waals surface area contributed by atoms with Crippen molar-refractivity contribution in [3.8, 4) is 17.3 Å². The second-order valence-electron chi connectivity index (χ2n) is 4.45. The molecular formula is C13H11BrN2O2. The standard InChI is InChI=1S/C13H11BrN2O2/c14-10-12(17)15-11(16-13(10)18)9-3-1-2-8(6-9)7-4-5-7/h1-3,6-7H,4-5H2,(H2,15,16,17,18). The SMILES string of the molecule is O=c1[nH]c(-c2cccc(C3CC3)c2)nc(O)c1Br. The first-order valence-corrected chi connectivity index (χ1v) is 6.53. The molecular weight excluding hydrogens is 296 g/mol. The van der Waals surface area contributed by atoms with Gasteiger partial charge in [0.25, 0.3) is 5.56 Å². The van der Waals surface area contributed by atoms with Gasteiger partial charge in [-0.3, -0.25) is 4.79 Å². The number of nitrogens with one attached hydrogen (secondary N) is 1. The molecule has 92 valence electrons. The summed E-state index contributed by atoms with van der Waals surface area (Å²) in [5.74, 6) is 0.745. The molecule has 5 heteroatoms. The third kappa shape index (κ3) is 2.06. The van der Waals surface area contributed by atoms with Crippen LogP contribution in [0.3, 0.4) is 0 Å². The molecule has 1 aromatic heterocycles. The van der Waals surface area contributed by atoms with E-state index in [9.17, 15) is 9.90 Å². The molecule has 4 nitrogen and oxygen atoms in total. The van der Waals surface area contributed by atoms with Crippen molar-refractivity contribution in [3.05, 3.63) is 44.7 Å². The first-order valence-electron chi connectivity index (χ1n) is 5.74. The number of nitrogens with zero attached hydrogens (tertiary/aromatic N) is 1. The maximum absolute atomic E-state index is 11.6.